The molecule has 0 fully saturated rings. The summed E-state index contributed by atoms with van der Waals surface area (Å²) in [6.07, 6.45) is 2.17. The standard InChI is InChI=1S/C12H20N2O2S/c1-9(11-14-7-8-17-11)13-6-5-10(15)16-12(2,3)4/h7-9,13H,5-6H2,1-4H3. The van der Waals surface area contributed by atoms with Crippen LogP contribution >= 0.6 is 11.3 Å². The van der Waals surface area contributed by atoms with E-state index in [-0.39, 0.29) is 12.0 Å². The molecule has 1 N–H and O–H groups in total. The molecule has 96 valence electrons. The number of rotatable bonds is 5. The van der Waals surface area contributed by atoms with E-state index in [0.29, 0.717) is 13.0 Å². The van der Waals surface area contributed by atoms with Crippen LogP contribution in [0.15, 0.2) is 11.6 Å². The Hall–Kier alpha value is -0.940. The second-order valence-corrected chi connectivity index (χ2v) is 5.81. The van der Waals surface area contributed by atoms with Crippen LogP contribution < -0.4 is 5.32 Å². The Morgan fingerprint density at radius 3 is 2.82 bits per heavy atom. The molecule has 1 rings (SSSR count). The molecule has 1 unspecified atom stereocenters. The molecule has 0 spiro atoms. The number of carbonyl (C=O) groups is 1. The number of esters is 1. The summed E-state index contributed by atoms with van der Waals surface area (Å²) in [5.74, 6) is -0.170. The maximum atomic E-state index is 11.5. The fourth-order valence-electron chi connectivity index (χ4n) is 1.32. The zero-order valence-corrected chi connectivity index (χ0v) is 11.6. The molecule has 0 aromatic carbocycles. The van der Waals surface area contributed by atoms with Gasteiger partial charge >= 0.3 is 5.97 Å². The SMILES string of the molecule is CC(NCCC(=O)OC(C)(C)C)c1nccs1. The first kappa shape index (κ1) is 14.1. The highest BCUT2D eigenvalue weighted by Gasteiger charge is 2.16. The van der Waals surface area contributed by atoms with Crippen molar-refractivity contribution in [1.82, 2.24) is 10.3 Å². The summed E-state index contributed by atoms with van der Waals surface area (Å²) in [5, 5.41) is 6.23. The third kappa shape index (κ3) is 5.79. The van der Waals surface area contributed by atoms with E-state index >= 15 is 0 Å². The van der Waals surface area contributed by atoms with Gasteiger partial charge in [-0.05, 0) is 27.7 Å². The van der Waals surface area contributed by atoms with Gasteiger partial charge < -0.3 is 10.1 Å². The molecule has 0 aliphatic heterocycles. The summed E-state index contributed by atoms with van der Waals surface area (Å²) < 4.78 is 5.22. The summed E-state index contributed by atoms with van der Waals surface area (Å²) in [6.45, 7) is 8.26. The van der Waals surface area contributed by atoms with Gasteiger partial charge in [0.1, 0.15) is 10.6 Å². The lowest BCUT2D eigenvalue weighted by atomic mass is 10.2. The van der Waals surface area contributed by atoms with E-state index < -0.39 is 5.60 Å². The van der Waals surface area contributed by atoms with Gasteiger partial charge in [-0.25, -0.2) is 4.98 Å². The quantitative estimate of drug-likeness (QED) is 0.822. The third-order valence-corrected chi connectivity index (χ3v) is 2.98. The molecule has 0 bridgehead atoms. The maximum Gasteiger partial charge on any atom is 0.307 e. The predicted octanol–water partition coefficient (Wildman–Crippen LogP) is 2.53. The van der Waals surface area contributed by atoms with Gasteiger partial charge in [0.15, 0.2) is 0 Å². The van der Waals surface area contributed by atoms with Crippen molar-refractivity contribution in [1.29, 1.82) is 0 Å². The molecule has 0 saturated heterocycles. The van der Waals surface area contributed by atoms with Crippen LogP contribution in [0.4, 0.5) is 0 Å². The van der Waals surface area contributed by atoms with Gasteiger partial charge in [-0.15, -0.1) is 11.3 Å². The van der Waals surface area contributed by atoms with E-state index in [4.69, 9.17) is 4.74 Å². The second-order valence-electron chi connectivity index (χ2n) is 4.88. The molecule has 1 heterocycles. The molecule has 1 aromatic rings. The molecule has 0 aliphatic carbocycles. The van der Waals surface area contributed by atoms with Gasteiger partial charge in [0, 0.05) is 18.1 Å². The molecule has 0 radical (unpaired) electrons. The zero-order valence-electron chi connectivity index (χ0n) is 10.8. The van der Waals surface area contributed by atoms with Crippen LogP contribution in [0, 0.1) is 0 Å². The normalized spacial score (nSPS) is 13.4. The average molecular weight is 256 g/mol. The maximum absolute atomic E-state index is 11.5. The highest BCUT2D eigenvalue weighted by Crippen LogP contribution is 2.14. The van der Waals surface area contributed by atoms with Gasteiger partial charge in [-0.3, -0.25) is 4.79 Å². The molecule has 4 nitrogen and oxygen atoms in total. The number of carbonyl (C=O) groups excluding carboxylic acids is 1. The van der Waals surface area contributed by atoms with Crippen molar-refractivity contribution in [3.05, 3.63) is 16.6 Å². The van der Waals surface area contributed by atoms with Crippen molar-refractivity contribution in [2.75, 3.05) is 6.54 Å². The summed E-state index contributed by atoms with van der Waals surface area (Å²) >= 11 is 1.61. The lowest BCUT2D eigenvalue weighted by molar-refractivity contribution is -0.154. The van der Waals surface area contributed by atoms with Gasteiger partial charge in [0.05, 0.1) is 12.5 Å². The number of thiazole rings is 1. The summed E-state index contributed by atoms with van der Waals surface area (Å²) in [6, 6.07) is 0.178. The van der Waals surface area contributed by atoms with E-state index in [0.717, 1.165) is 5.01 Å². The minimum absolute atomic E-state index is 0.170. The molecule has 1 atom stereocenters. The summed E-state index contributed by atoms with van der Waals surface area (Å²) in [5.41, 5.74) is -0.405. The van der Waals surface area contributed by atoms with Crippen molar-refractivity contribution in [2.45, 2.75) is 45.8 Å². The molecule has 0 saturated carbocycles. The molecule has 0 aliphatic rings. The number of hydrogen-bond donors (Lipinski definition) is 1. The monoisotopic (exact) mass is 256 g/mol. The Labute approximate surface area is 106 Å². The number of hydrogen-bond acceptors (Lipinski definition) is 5. The Bertz CT molecular complexity index is 344. The zero-order chi connectivity index (χ0) is 12.9. The third-order valence-electron chi connectivity index (χ3n) is 2.02. The predicted molar refractivity (Wildman–Crippen MR) is 69.0 cm³/mol. The minimum atomic E-state index is -0.405. The molecular weight excluding hydrogens is 236 g/mol. The van der Waals surface area contributed by atoms with Gasteiger partial charge in [-0.2, -0.15) is 0 Å². The van der Waals surface area contributed by atoms with Crippen molar-refractivity contribution in [3.63, 3.8) is 0 Å². The van der Waals surface area contributed by atoms with Crippen molar-refractivity contribution >= 4 is 17.3 Å². The highest BCUT2D eigenvalue weighted by molar-refractivity contribution is 7.09. The molecular formula is C12H20N2O2S. The first-order valence-corrected chi connectivity index (χ1v) is 6.61. The van der Waals surface area contributed by atoms with E-state index in [1.807, 2.05) is 33.1 Å². The summed E-state index contributed by atoms with van der Waals surface area (Å²) in [4.78, 5) is 15.7. The Morgan fingerprint density at radius 1 is 1.59 bits per heavy atom. The number of ether oxygens (including phenoxy) is 1. The topological polar surface area (TPSA) is 51.2 Å². The van der Waals surface area contributed by atoms with E-state index in [1.54, 1.807) is 17.5 Å². The highest BCUT2D eigenvalue weighted by atomic mass is 32.1. The van der Waals surface area contributed by atoms with Crippen LogP contribution in [-0.4, -0.2) is 23.1 Å². The molecule has 5 heteroatoms. The number of aromatic nitrogens is 1. The van der Waals surface area contributed by atoms with Crippen molar-refractivity contribution in [3.8, 4) is 0 Å². The fourth-order valence-corrected chi connectivity index (χ4v) is 1.99. The van der Waals surface area contributed by atoms with Crippen LogP contribution in [0.1, 0.15) is 45.2 Å². The van der Waals surface area contributed by atoms with Crippen molar-refractivity contribution in [2.24, 2.45) is 0 Å². The van der Waals surface area contributed by atoms with Crippen molar-refractivity contribution < 1.29 is 9.53 Å². The molecule has 1 aromatic heterocycles. The Kier molecular flexibility index (Phi) is 5.08. The Balaban J connectivity index is 2.22. The largest absolute Gasteiger partial charge is 0.460 e. The molecule has 0 amide bonds. The van der Waals surface area contributed by atoms with E-state index in [2.05, 4.69) is 10.3 Å². The first-order chi connectivity index (χ1) is 7.88. The lowest BCUT2D eigenvalue weighted by Crippen LogP contribution is -2.27. The summed E-state index contributed by atoms with van der Waals surface area (Å²) in [7, 11) is 0. The van der Waals surface area contributed by atoms with Crippen LogP contribution in [0.5, 0.6) is 0 Å². The van der Waals surface area contributed by atoms with Crippen LogP contribution in [0.2, 0.25) is 0 Å². The van der Waals surface area contributed by atoms with Crippen LogP contribution in [0.3, 0.4) is 0 Å². The minimum Gasteiger partial charge on any atom is -0.460 e. The smallest absolute Gasteiger partial charge is 0.307 e. The molecule has 17 heavy (non-hydrogen) atoms. The average Bonchev–Trinajstić information content (AvgIpc) is 2.66. The van der Waals surface area contributed by atoms with Gasteiger partial charge in [0.2, 0.25) is 0 Å². The first-order valence-electron chi connectivity index (χ1n) is 5.73. The number of nitrogens with zero attached hydrogens (tertiary/aromatic N) is 1. The lowest BCUT2D eigenvalue weighted by Gasteiger charge is -2.19. The Morgan fingerprint density at radius 2 is 2.29 bits per heavy atom. The van der Waals surface area contributed by atoms with E-state index in [9.17, 15) is 4.79 Å². The number of nitrogens with one attached hydrogen (secondary N) is 1. The fraction of sp³-hybridized carbons (Fsp3) is 0.667. The van der Waals surface area contributed by atoms with E-state index in [1.165, 1.54) is 0 Å². The van der Waals surface area contributed by atoms with Gasteiger partial charge in [0.25, 0.3) is 0 Å². The van der Waals surface area contributed by atoms with Gasteiger partial charge in [-0.1, -0.05) is 0 Å². The second kappa shape index (κ2) is 6.12. The van der Waals surface area contributed by atoms with Crippen LogP contribution in [0.25, 0.3) is 0 Å². The van der Waals surface area contributed by atoms with Crippen LogP contribution in [-0.2, 0) is 9.53 Å².